The summed E-state index contributed by atoms with van der Waals surface area (Å²) in [7, 11) is 0. The van der Waals surface area contributed by atoms with Gasteiger partial charge in [-0.1, -0.05) is 56.1 Å². The zero-order valence-corrected chi connectivity index (χ0v) is 11.5. The van der Waals surface area contributed by atoms with Gasteiger partial charge in [-0.15, -0.1) is 0 Å². The lowest BCUT2D eigenvalue weighted by molar-refractivity contribution is 0.627. The molecule has 0 aliphatic heterocycles. The molecule has 0 amide bonds. The molecule has 1 atom stereocenters. The van der Waals surface area contributed by atoms with Gasteiger partial charge in [0.15, 0.2) is 0 Å². The molecular weight excluding hydrogens is 335 g/mol. The molecule has 0 fully saturated rings. The lowest BCUT2D eigenvalue weighted by atomic mass is 10.1. The highest BCUT2D eigenvalue weighted by Crippen LogP contribution is 2.31. The summed E-state index contributed by atoms with van der Waals surface area (Å²) in [4.78, 5) is 0.0983. The summed E-state index contributed by atoms with van der Waals surface area (Å²) in [5, 5.41) is 0. The SMILES string of the molecule is Fc1ccc(C(Br)c2ccc(Br)cc2)cc1. The quantitative estimate of drug-likeness (QED) is 0.667. The Morgan fingerprint density at radius 1 is 0.812 bits per heavy atom. The molecule has 0 aliphatic carbocycles. The average molecular weight is 344 g/mol. The van der Waals surface area contributed by atoms with Crippen LogP contribution in [0.4, 0.5) is 4.39 Å². The molecule has 0 radical (unpaired) electrons. The predicted molar refractivity (Wildman–Crippen MR) is 71.3 cm³/mol. The van der Waals surface area contributed by atoms with E-state index in [-0.39, 0.29) is 10.6 Å². The van der Waals surface area contributed by atoms with Crippen LogP contribution in [-0.4, -0.2) is 0 Å². The van der Waals surface area contributed by atoms with Crippen molar-refractivity contribution in [3.8, 4) is 0 Å². The Bertz CT molecular complexity index is 417. The fraction of sp³-hybridized carbons (Fsp3) is 0.0769. The smallest absolute Gasteiger partial charge is 0.123 e. The minimum Gasteiger partial charge on any atom is -0.207 e. The molecule has 0 nitrogen and oxygen atoms in total. The van der Waals surface area contributed by atoms with Crippen molar-refractivity contribution < 1.29 is 4.39 Å². The van der Waals surface area contributed by atoms with Crippen LogP contribution in [0.3, 0.4) is 0 Å². The summed E-state index contributed by atoms with van der Waals surface area (Å²) in [6.07, 6.45) is 0. The minimum absolute atomic E-state index is 0.0983. The third-order valence-electron chi connectivity index (χ3n) is 2.33. The molecule has 1 unspecified atom stereocenters. The molecule has 3 heteroatoms. The first kappa shape index (κ1) is 11.8. The van der Waals surface area contributed by atoms with E-state index in [0.717, 1.165) is 15.6 Å². The number of halogens is 3. The van der Waals surface area contributed by atoms with Gasteiger partial charge in [-0.3, -0.25) is 0 Å². The van der Waals surface area contributed by atoms with Crippen LogP contribution >= 0.6 is 31.9 Å². The van der Waals surface area contributed by atoms with Crippen LogP contribution in [0.1, 0.15) is 16.0 Å². The normalized spacial score (nSPS) is 12.4. The van der Waals surface area contributed by atoms with E-state index in [2.05, 4.69) is 31.9 Å². The van der Waals surface area contributed by atoms with Crippen molar-refractivity contribution in [3.05, 3.63) is 69.9 Å². The van der Waals surface area contributed by atoms with Gasteiger partial charge in [0.25, 0.3) is 0 Å². The maximum Gasteiger partial charge on any atom is 0.123 e. The highest BCUT2D eigenvalue weighted by molar-refractivity contribution is 9.10. The molecule has 16 heavy (non-hydrogen) atoms. The zero-order valence-electron chi connectivity index (χ0n) is 8.33. The van der Waals surface area contributed by atoms with Crippen molar-refractivity contribution in [2.45, 2.75) is 4.83 Å². The summed E-state index contributed by atoms with van der Waals surface area (Å²) in [5.74, 6) is -0.209. The van der Waals surface area contributed by atoms with Crippen LogP contribution in [0.2, 0.25) is 0 Å². The molecule has 0 aromatic heterocycles. The van der Waals surface area contributed by atoms with Gasteiger partial charge in [-0.25, -0.2) is 4.39 Å². The van der Waals surface area contributed by atoms with Gasteiger partial charge in [0, 0.05) is 4.47 Å². The van der Waals surface area contributed by atoms with Crippen molar-refractivity contribution in [1.29, 1.82) is 0 Å². The highest BCUT2D eigenvalue weighted by atomic mass is 79.9. The molecule has 0 aliphatic rings. The van der Waals surface area contributed by atoms with Crippen LogP contribution in [0.25, 0.3) is 0 Å². The molecule has 0 saturated carbocycles. The number of alkyl halides is 1. The molecule has 0 bridgehead atoms. The van der Waals surface area contributed by atoms with Crippen molar-refractivity contribution in [1.82, 2.24) is 0 Å². The molecule has 2 aromatic rings. The first-order chi connectivity index (χ1) is 7.66. The van der Waals surface area contributed by atoms with Crippen molar-refractivity contribution in [2.24, 2.45) is 0 Å². The van der Waals surface area contributed by atoms with Gasteiger partial charge < -0.3 is 0 Å². The van der Waals surface area contributed by atoms with E-state index in [4.69, 9.17) is 0 Å². The summed E-state index contributed by atoms with van der Waals surface area (Å²) < 4.78 is 13.8. The second kappa shape index (κ2) is 5.11. The lowest BCUT2D eigenvalue weighted by Crippen LogP contribution is -1.92. The van der Waals surface area contributed by atoms with E-state index in [1.165, 1.54) is 12.1 Å². The lowest BCUT2D eigenvalue weighted by Gasteiger charge is -2.10. The average Bonchev–Trinajstić information content (AvgIpc) is 2.30. The summed E-state index contributed by atoms with van der Waals surface area (Å²) >= 11 is 7.00. The van der Waals surface area contributed by atoms with Crippen LogP contribution in [-0.2, 0) is 0 Å². The topological polar surface area (TPSA) is 0 Å². The Morgan fingerprint density at radius 2 is 1.25 bits per heavy atom. The summed E-state index contributed by atoms with van der Waals surface area (Å²) in [6, 6.07) is 14.6. The van der Waals surface area contributed by atoms with Gasteiger partial charge >= 0.3 is 0 Å². The number of hydrogen-bond acceptors (Lipinski definition) is 0. The fourth-order valence-corrected chi connectivity index (χ4v) is 2.33. The van der Waals surface area contributed by atoms with E-state index < -0.39 is 0 Å². The van der Waals surface area contributed by atoms with Crippen LogP contribution in [0.5, 0.6) is 0 Å². The van der Waals surface area contributed by atoms with E-state index in [9.17, 15) is 4.39 Å². The highest BCUT2D eigenvalue weighted by Gasteiger charge is 2.09. The second-order valence-corrected chi connectivity index (χ2v) is 5.30. The Morgan fingerprint density at radius 3 is 1.75 bits per heavy atom. The molecule has 0 heterocycles. The third kappa shape index (κ3) is 2.71. The molecule has 0 saturated heterocycles. The standard InChI is InChI=1S/C13H9Br2F/c14-11-5-1-9(2-6-11)13(15)10-3-7-12(16)8-4-10/h1-8,13H. The van der Waals surface area contributed by atoms with Gasteiger partial charge in [0.1, 0.15) is 5.82 Å². The van der Waals surface area contributed by atoms with Crippen LogP contribution in [0.15, 0.2) is 53.0 Å². The van der Waals surface area contributed by atoms with Gasteiger partial charge in [0.2, 0.25) is 0 Å². The molecule has 2 rings (SSSR count). The zero-order chi connectivity index (χ0) is 11.5. The molecule has 0 spiro atoms. The maximum atomic E-state index is 12.8. The van der Waals surface area contributed by atoms with Gasteiger partial charge in [0.05, 0.1) is 4.83 Å². The summed E-state index contributed by atoms with van der Waals surface area (Å²) in [5.41, 5.74) is 2.19. The van der Waals surface area contributed by atoms with E-state index in [1.807, 2.05) is 24.3 Å². The first-order valence-electron chi connectivity index (χ1n) is 4.82. The van der Waals surface area contributed by atoms with Gasteiger partial charge in [-0.05, 0) is 35.4 Å². The predicted octanol–water partition coefficient (Wildman–Crippen LogP) is 5.07. The van der Waals surface area contributed by atoms with Crippen molar-refractivity contribution in [2.75, 3.05) is 0 Å². The number of rotatable bonds is 2. The van der Waals surface area contributed by atoms with Crippen LogP contribution in [0, 0.1) is 5.82 Å². The summed E-state index contributed by atoms with van der Waals surface area (Å²) in [6.45, 7) is 0. The molecule has 82 valence electrons. The Kier molecular flexibility index (Phi) is 3.77. The molecular formula is C13H9Br2F. The second-order valence-electron chi connectivity index (χ2n) is 3.47. The first-order valence-corrected chi connectivity index (χ1v) is 6.52. The van der Waals surface area contributed by atoms with Crippen molar-refractivity contribution in [3.63, 3.8) is 0 Å². The molecule has 2 aromatic carbocycles. The van der Waals surface area contributed by atoms with E-state index in [1.54, 1.807) is 12.1 Å². The number of hydrogen-bond donors (Lipinski definition) is 0. The van der Waals surface area contributed by atoms with Crippen LogP contribution < -0.4 is 0 Å². The van der Waals surface area contributed by atoms with E-state index in [0.29, 0.717) is 0 Å². The largest absolute Gasteiger partial charge is 0.207 e. The Balaban J connectivity index is 2.28. The third-order valence-corrected chi connectivity index (χ3v) is 3.91. The number of benzene rings is 2. The monoisotopic (exact) mass is 342 g/mol. The van der Waals surface area contributed by atoms with E-state index >= 15 is 0 Å². The Hall–Kier alpha value is -0.670. The minimum atomic E-state index is -0.209. The fourth-order valence-electron chi connectivity index (χ4n) is 1.46. The van der Waals surface area contributed by atoms with Crippen molar-refractivity contribution >= 4 is 31.9 Å². The van der Waals surface area contributed by atoms with Gasteiger partial charge in [-0.2, -0.15) is 0 Å². The maximum absolute atomic E-state index is 12.8. The molecule has 0 N–H and O–H groups in total. The Labute approximate surface area is 111 Å².